The Kier molecular flexibility index (Phi) is 4.29. The lowest BCUT2D eigenvalue weighted by molar-refractivity contribution is 0.568. The van der Waals surface area contributed by atoms with E-state index in [1.54, 1.807) is 0 Å². The Morgan fingerprint density at radius 1 is 1.00 bits per heavy atom. The van der Waals surface area contributed by atoms with Crippen molar-refractivity contribution in [3.8, 4) is 0 Å². The summed E-state index contributed by atoms with van der Waals surface area (Å²) in [5.41, 5.74) is -0.550. The average molecular weight is 380 g/mol. The van der Waals surface area contributed by atoms with Crippen LogP contribution in [-0.2, 0) is 10.0 Å². The van der Waals surface area contributed by atoms with Crippen molar-refractivity contribution in [2.75, 3.05) is 4.72 Å². The second-order valence-electron chi connectivity index (χ2n) is 4.26. The summed E-state index contributed by atoms with van der Waals surface area (Å²) in [5, 5.41) is 0. The van der Waals surface area contributed by atoms with Crippen molar-refractivity contribution in [3.05, 3.63) is 57.8 Å². The van der Waals surface area contributed by atoms with Crippen LogP contribution in [0.3, 0.4) is 0 Å². The fourth-order valence-electron chi connectivity index (χ4n) is 1.62. The Balaban J connectivity index is 2.45. The van der Waals surface area contributed by atoms with Crippen LogP contribution in [0.4, 0.5) is 18.9 Å². The van der Waals surface area contributed by atoms with Crippen LogP contribution in [0.1, 0.15) is 5.56 Å². The maximum absolute atomic E-state index is 13.7. The Labute approximate surface area is 128 Å². The minimum Gasteiger partial charge on any atom is -0.276 e. The van der Waals surface area contributed by atoms with Gasteiger partial charge in [0.2, 0.25) is 0 Å². The number of aryl methyl sites for hydroxylation is 1. The van der Waals surface area contributed by atoms with Crippen molar-refractivity contribution in [1.82, 2.24) is 0 Å². The molecule has 2 aromatic rings. The molecule has 0 unspecified atom stereocenters. The molecule has 3 nitrogen and oxygen atoms in total. The number of halogens is 4. The van der Waals surface area contributed by atoms with E-state index in [-0.39, 0.29) is 5.56 Å². The number of hydrogen-bond acceptors (Lipinski definition) is 2. The molecule has 0 aromatic heterocycles. The molecule has 0 heterocycles. The molecule has 0 radical (unpaired) electrons. The van der Waals surface area contributed by atoms with Gasteiger partial charge in [-0.05, 0) is 36.8 Å². The van der Waals surface area contributed by atoms with Gasteiger partial charge >= 0.3 is 0 Å². The van der Waals surface area contributed by atoms with Gasteiger partial charge in [0.1, 0.15) is 22.3 Å². The van der Waals surface area contributed by atoms with Gasteiger partial charge in [0.05, 0.1) is 5.69 Å². The lowest BCUT2D eigenvalue weighted by Crippen LogP contribution is -2.16. The molecule has 1 N–H and O–H groups in total. The van der Waals surface area contributed by atoms with Gasteiger partial charge in [-0.25, -0.2) is 21.6 Å². The van der Waals surface area contributed by atoms with Crippen LogP contribution < -0.4 is 4.72 Å². The van der Waals surface area contributed by atoms with Crippen LogP contribution in [0.15, 0.2) is 39.7 Å². The highest BCUT2D eigenvalue weighted by atomic mass is 79.9. The minimum absolute atomic E-state index is 0.0327. The van der Waals surface area contributed by atoms with Crippen molar-refractivity contribution in [2.45, 2.75) is 11.8 Å². The summed E-state index contributed by atoms with van der Waals surface area (Å²) in [7, 11) is -4.37. The molecule has 0 fully saturated rings. The van der Waals surface area contributed by atoms with E-state index < -0.39 is 38.1 Å². The summed E-state index contributed by atoms with van der Waals surface area (Å²) in [6, 6.07) is 4.86. The lowest BCUT2D eigenvalue weighted by atomic mass is 10.2. The molecule has 0 spiro atoms. The molecule has 8 heteroatoms. The maximum Gasteiger partial charge on any atom is 0.264 e. The predicted octanol–water partition coefficient (Wildman–Crippen LogP) is 3.98. The third-order valence-electron chi connectivity index (χ3n) is 2.68. The molecule has 0 aliphatic carbocycles. The van der Waals surface area contributed by atoms with Crippen molar-refractivity contribution >= 4 is 31.6 Å². The fourth-order valence-corrected chi connectivity index (χ4v) is 3.07. The quantitative estimate of drug-likeness (QED) is 0.876. The smallest absolute Gasteiger partial charge is 0.264 e. The standard InChI is InChI=1S/C13H9BrF3NO2S/c1-7-4-10(16)12(6-9(7)15)18-21(19,20)13-3-2-8(14)5-11(13)17/h2-6,18H,1H3. The number of hydrogen-bond donors (Lipinski definition) is 1. The highest BCUT2D eigenvalue weighted by Gasteiger charge is 2.21. The summed E-state index contributed by atoms with van der Waals surface area (Å²) in [6.45, 7) is 1.34. The zero-order valence-corrected chi connectivity index (χ0v) is 13.0. The van der Waals surface area contributed by atoms with E-state index >= 15 is 0 Å². The highest BCUT2D eigenvalue weighted by Crippen LogP contribution is 2.25. The number of rotatable bonds is 3. The van der Waals surface area contributed by atoms with Crippen LogP contribution in [0.5, 0.6) is 0 Å². The lowest BCUT2D eigenvalue weighted by Gasteiger charge is -2.11. The predicted molar refractivity (Wildman–Crippen MR) is 76.0 cm³/mol. The van der Waals surface area contributed by atoms with Crippen LogP contribution in [0.25, 0.3) is 0 Å². The second kappa shape index (κ2) is 5.69. The number of anilines is 1. The summed E-state index contributed by atoms with van der Waals surface area (Å²) in [6.07, 6.45) is 0. The van der Waals surface area contributed by atoms with E-state index in [2.05, 4.69) is 15.9 Å². The summed E-state index contributed by atoms with van der Waals surface area (Å²) < 4.78 is 66.9. The zero-order valence-electron chi connectivity index (χ0n) is 10.6. The maximum atomic E-state index is 13.7. The van der Waals surface area contributed by atoms with Crippen LogP contribution in [0.2, 0.25) is 0 Å². The van der Waals surface area contributed by atoms with E-state index in [9.17, 15) is 21.6 Å². The third-order valence-corrected chi connectivity index (χ3v) is 4.57. The van der Waals surface area contributed by atoms with E-state index in [0.717, 1.165) is 18.2 Å². The minimum atomic E-state index is -4.37. The molecule has 2 rings (SSSR count). The zero-order chi connectivity index (χ0) is 15.8. The fraction of sp³-hybridized carbons (Fsp3) is 0.0769. The normalized spacial score (nSPS) is 11.5. The molecular formula is C13H9BrF3NO2S. The Morgan fingerprint density at radius 2 is 1.67 bits per heavy atom. The van der Waals surface area contributed by atoms with Gasteiger partial charge in [0.15, 0.2) is 0 Å². The molecule has 21 heavy (non-hydrogen) atoms. The first kappa shape index (κ1) is 15.8. The van der Waals surface area contributed by atoms with Gasteiger partial charge in [0, 0.05) is 10.5 Å². The average Bonchev–Trinajstić information content (AvgIpc) is 2.35. The Hall–Kier alpha value is -1.54. The van der Waals surface area contributed by atoms with Crippen molar-refractivity contribution in [2.24, 2.45) is 0 Å². The molecular weight excluding hydrogens is 371 g/mol. The molecule has 0 atom stereocenters. The SMILES string of the molecule is Cc1cc(F)c(NS(=O)(=O)c2ccc(Br)cc2F)cc1F. The largest absolute Gasteiger partial charge is 0.276 e. The van der Waals surface area contributed by atoms with E-state index in [1.165, 1.54) is 13.0 Å². The van der Waals surface area contributed by atoms with Crippen molar-refractivity contribution < 1.29 is 21.6 Å². The molecule has 0 bridgehead atoms. The van der Waals surface area contributed by atoms with Gasteiger partial charge in [-0.2, -0.15) is 0 Å². The van der Waals surface area contributed by atoms with Gasteiger partial charge < -0.3 is 0 Å². The van der Waals surface area contributed by atoms with Gasteiger partial charge in [-0.1, -0.05) is 15.9 Å². The van der Waals surface area contributed by atoms with Crippen molar-refractivity contribution in [1.29, 1.82) is 0 Å². The molecule has 112 valence electrons. The molecule has 0 saturated heterocycles. The van der Waals surface area contributed by atoms with Gasteiger partial charge in [-0.15, -0.1) is 0 Å². The first-order valence-corrected chi connectivity index (χ1v) is 7.92. The summed E-state index contributed by atoms with van der Waals surface area (Å²) >= 11 is 2.99. The highest BCUT2D eigenvalue weighted by molar-refractivity contribution is 9.10. The second-order valence-corrected chi connectivity index (χ2v) is 6.83. The monoisotopic (exact) mass is 379 g/mol. The number of sulfonamides is 1. The third kappa shape index (κ3) is 3.38. The summed E-state index contributed by atoms with van der Waals surface area (Å²) in [4.78, 5) is -0.661. The Bertz CT molecular complexity index is 809. The topological polar surface area (TPSA) is 46.2 Å². The molecule has 0 aliphatic rings. The van der Waals surface area contributed by atoms with E-state index in [1.807, 2.05) is 4.72 Å². The first-order valence-electron chi connectivity index (χ1n) is 5.64. The van der Waals surface area contributed by atoms with Crippen LogP contribution >= 0.6 is 15.9 Å². The van der Waals surface area contributed by atoms with Crippen molar-refractivity contribution in [3.63, 3.8) is 0 Å². The molecule has 0 amide bonds. The molecule has 0 saturated carbocycles. The van der Waals surface area contributed by atoms with Gasteiger partial charge in [0.25, 0.3) is 10.0 Å². The summed E-state index contributed by atoms with van der Waals surface area (Å²) in [5.74, 6) is -2.73. The first-order chi connectivity index (χ1) is 9.70. The number of benzene rings is 2. The Morgan fingerprint density at radius 3 is 2.29 bits per heavy atom. The van der Waals surface area contributed by atoms with E-state index in [0.29, 0.717) is 10.5 Å². The number of nitrogens with one attached hydrogen (secondary N) is 1. The van der Waals surface area contributed by atoms with Crippen LogP contribution in [-0.4, -0.2) is 8.42 Å². The molecule has 2 aromatic carbocycles. The molecule has 0 aliphatic heterocycles. The van der Waals surface area contributed by atoms with E-state index in [4.69, 9.17) is 0 Å². The van der Waals surface area contributed by atoms with Crippen LogP contribution in [0, 0.1) is 24.4 Å². The van der Waals surface area contributed by atoms with Gasteiger partial charge in [-0.3, -0.25) is 4.72 Å².